The van der Waals surface area contributed by atoms with Crippen molar-refractivity contribution in [1.29, 1.82) is 0 Å². The lowest BCUT2D eigenvalue weighted by molar-refractivity contribution is 0.0274. The van der Waals surface area contributed by atoms with Gasteiger partial charge in [0.2, 0.25) is 0 Å². The van der Waals surface area contributed by atoms with E-state index >= 15 is 0 Å². The summed E-state index contributed by atoms with van der Waals surface area (Å²) in [5.74, 6) is 0.398. The van der Waals surface area contributed by atoms with Gasteiger partial charge in [0, 0.05) is 31.4 Å². The molecule has 5 heteroatoms. The molecule has 2 N–H and O–H groups in total. The molecule has 0 atom stereocenters. The summed E-state index contributed by atoms with van der Waals surface area (Å²) in [6.07, 6.45) is 1.77. The number of ether oxygens (including phenoxy) is 2. The monoisotopic (exact) mass is 339 g/mol. The molecule has 2 aromatic carbocycles. The molecule has 0 aromatic heterocycles. The molecule has 25 heavy (non-hydrogen) atoms. The second kappa shape index (κ2) is 8.65. The third kappa shape index (κ3) is 5.31. The van der Waals surface area contributed by atoms with Gasteiger partial charge >= 0.3 is 0 Å². The summed E-state index contributed by atoms with van der Waals surface area (Å²) in [4.78, 5) is 6.91. The number of aliphatic imine (C=N–C) groups is 1. The minimum absolute atomic E-state index is 0.398. The minimum Gasteiger partial charge on any atom is -0.478 e. The van der Waals surface area contributed by atoms with E-state index < -0.39 is 0 Å². The second-order valence-electron chi connectivity index (χ2n) is 6.13. The lowest BCUT2D eigenvalue weighted by atomic mass is 10.1. The van der Waals surface area contributed by atoms with Gasteiger partial charge in [-0.25, -0.2) is 0 Å². The predicted octanol–water partition coefficient (Wildman–Crippen LogP) is 3.08. The molecule has 5 nitrogen and oxygen atoms in total. The predicted molar refractivity (Wildman–Crippen MR) is 102 cm³/mol. The molecule has 0 spiro atoms. The standard InChI is InChI=1S/C20H25N3O2/c1-16(14-20(21)25-13-10-23-8-11-24-12-9-23)22-19-7-6-17-4-2-3-5-18(17)15-19/h2-7,14-15H,8-13,21H2,1H3. The molecule has 0 radical (unpaired) electrons. The first-order valence-electron chi connectivity index (χ1n) is 8.65. The van der Waals surface area contributed by atoms with Gasteiger partial charge in [-0.3, -0.25) is 9.89 Å². The first kappa shape index (κ1) is 17.5. The highest BCUT2D eigenvalue weighted by atomic mass is 16.5. The first-order valence-corrected chi connectivity index (χ1v) is 8.65. The van der Waals surface area contributed by atoms with Gasteiger partial charge in [0.25, 0.3) is 0 Å². The lowest BCUT2D eigenvalue weighted by Crippen LogP contribution is -2.38. The van der Waals surface area contributed by atoms with Crippen LogP contribution in [0.15, 0.2) is 59.4 Å². The molecule has 0 saturated carbocycles. The van der Waals surface area contributed by atoms with Gasteiger partial charge < -0.3 is 15.2 Å². The van der Waals surface area contributed by atoms with E-state index in [0.717, 1.165) is 44.2 Å². The number of rotatable bonds is 6. The van der Waals surface area contributed by atoms with Crippen molar-refractivity contribution in [3.63, 3.8) is 0 Å². The number of morpholine rings is 1. The molecule has 0 amide bonds. The Morgan fingerprint density at radius 3 is 2.76 bits per heavy atom. The molecule has 1 heterocycles. The molecule has 1 aliphatic heterocycles. The molecule has 0 unspecified atom stereocenters. The topological polar surface area (TPSA) is 60.1 Å². The zero-order valence-corrected chi connectivity index (χ0v) is 14.6. The minimum atomic E-state index is 0.398. The molecule has 3 rings (SSSR count). The third-order valence-electron chi connectivity index (χ3n) is 4.17. The van der Waals surface area contributed by atoms with Crippen LogP contribution in [0.1, 0.15) is 6.92 Å². The van der Waals surface area contributed by atoms with E-state index in [1.165, 1.54) is 10.8 Å². The van der Waals surface area contributed by atoms with Crippen LogP contribution in [-0.2, 0) is 9.47 Å². The van der Waals surface area contributed by atoms with Crippen LogP contribution in [0.4, 0.5) is 5.69 Å². The molecule has 1 saturated heterocycles. The van der Waals surface area contributed by atoms with Gasteiger partial charge in [-0.2, -0.15) is 0 Å². The molecular formula is C20H25N3O2. The average Bonchev–Trinajstić information content (AvgIpc) is 2.62. The summed E-state index contributed by atoms with van der Waals surface area (Å²) in [6.45, 7) is 6.86. The highest BCUT2D eigenvalue weighted by Gasteiger charge is 2.09. The van der Waals surface area contributed by atoms with Crippen molar-refractivity contribution in [2.24, 2.45) is 10.7 Å². The van der Waals surface area contributed by atoms with Crippen LogP contribution in [0, 0.1) is 0 Å². The van der Waals surface area contributed by atoms with Crippen LogP contribution in [0.5, 0.6) is 0 Å². The van der Waals surface area contributed by atoms with Gasteiger partial charge in [-0.1, -0.05) is 30.3 Å². The number of hydrogen-bond acceptors (Lipinski definition) is 5. The van der Waals surface area contributed by atoms with Crippen molar-refractivity contribution in [2.45, 2.75) is 6.92 Å². The van der Waals surface area contributed by atoms with Crippen molar-refractivity contribution in [3.8, 4) is 0 Å². The van der Waals surface area contributed by atoms with Gasteiger partial charge in [0.05, 0.1) is 18.9 Å². The van der Waals surface area contributed by atoms with E-state index in [4.69, 9.17) is 15.2 Å². The van der Waals surface area contributed by atoms with E-state index in [-0.39, 0.29) is 0 Å². The van der Waals surface area contributed by atoms with E-state index in [9.17, 15) is 0 Å². The summed E-state index contributed by atoms with van der Waals surface area (Å²) < 4.78 is 10.9. The number of fused-ring (bicyclic) bond motifs is 1. The molecule has 1 aliphatic rings. The number of hydrogen-bond donors (Lipinski definition) is 1. The average molecular weight is 339 g/mol. The summed E-state index contributed by atoms with van der Waals surface area (Å²) in [6, 6.07) is 14.4. The lowest BCUT2D eigenvalue weighted by Gasteiger charge is -2.26. The number of nitrogens with two attached hydrogens (primary N) is 1. The van der Waals surface area contributed by atoms with E-state index in [2.05, 4.69) is 34.2 Å². The van der Waals surface area contributed by atoms with Gasteiger partial charge in [0.15, 0.2) is 5.88 Å². The van der Waals surface area contributed by atoms with Gasteiger partial charge in [-0.15, -0.1) is 0 Å². The smallest absolute Gasteiger partial charge is 0.185 e. The molecule has 0 bridgehead atoms. The van der Waals surface area contributed by atoms with Crippen molar-refractivity contribution in [3.05, 3.63) is 54.4 Å². The van der Waals surface area contributed by atoms with Crippen LogP contribution < -0.4 is 5.73 Å². The van der Waals surface area contributed by atoms with Gasteiger partial charge in [-0.05, 0) is 29.8 Å². The summed E-state index contributed by atoms with van der Waals surface area (Å²) in [7, 11) is 0. The maximum absolute atomic E-state index is 5.95. The largest absolute Gasteiger partial charge is 0.478 e. The Bertz CT molecular complexity index is 764. The number of allylic oxidation sites excluding steroid dienone is 1. The van der Waals surface area contributed by atoms with Crippen LogP contribution >= 0.6 is 0 Å². The Morgan fingerprint density at radius 1 is 1.20 bits per heavy atom. The van der Waals surface area contributed by atoms with Crippen molar-refractivity contribution in [1.82, 2.24) is 4.90 Å². The zero-order chi connectivity index (χ0) is 17.5. The van der Waals surface area contributed by atoms with Crippen molar-refractivity contribution >= 4 is 22.2 Å². The number of nitrogens with zero attached hydrogens (tertiary/aromatic N) is 2. The van der Waals surface area contributed by atoms with Crippen LogP contribution in [0.2, 0.25) is 0 Å². The SMILES string of the molecule is CC(C=C(N)OCCN1CCOCC1)=Nc1ccc2ccccc2c1. The quantitative estimate of drug-likeness (QED) is 0.649. The van der Waals surface area contributed by atoms with E-state index in [1.807, 2.05) is 25.1 Å². The van der Waals surface area contributed by atoms with E-state index in [1.54, 1.807) is 6.08 Å². The summed E-state index contributed by atoms with van der Waals surface area (Å²) in [5.41, 5.74) is 7.68. The fourth-order valence-corrected chi connectivity index (χ4v) is 2.85. The Labute approximate surface area is 148 Å². The molecular weight excluding hydrogens is 314 g/mol. The normalized spacial score (nSPS) is 17.0. The number of benzene rings is 2. The summed E-state index contributed by atoms with van der Waals surface area (Å²) in [5, 5.41) is 2.39. The molecule has 132 valence electrons. The fraction of sp³-hybridized carbons (Fsp3) is 0.350. The second-order valence-corrected chi connectivity index (χ2v) is 6.13. The van der Waals surface area contributed by atoms with Crippen LogP contribution in [0.3, 0.4) is 0 Å². The van der Waals surface area contributed by atoms with Gasteiger partial charge in [0.1, 0.15) is 6.61 Å². The first-order chi connectivity index (χ1) is 12.2. The van der Waals surface area contributed by atoms with Crippen LogP contribution in [0.25, 0.3) is 10.8 Å². The Balaban J connectivity index is 1.55. The molecule has 0 aliphatic carbocycles. The third-order valence-corrected chi connectivity index (χ3v) is 4.17. The molecule has 2 aromatic rings. The molecule has 1 fully saturated rings. The Kier molecular flexibility index (Phi) is 6.04. The summed E-state index contributed by atoms with van der Waals surface area (Å²) >= 11 is 0. The fourth-order valence-electron chi connectivity index (χ4n) is 2.85. The van der Waals surface area contributed by atoms with Crippen molar-refractivity contribution < 1.29 is 9.47 Å². The maximum atomic E-state index is 5.95. The highest BCUT2D eigenvalue weighted by Crippen LogP contribution is 2.21. The maximum Gasteiger partial charge on any atom is 0.185 e. The Morgan fingerprint density at radius 2 is 1.96 bits per heavy atom. The Hall–Kier alpha value is -2.37. The highest BCUT2D eigenvalue weighted by molar-refractivity contribution is 5.96. The van der Waals surface area contributed by atoms with E-state index in [0.29, 0.717) is 12.5 Å². The van der Waals surface area contributed by atoms with Crippen molar-refractivity contribution in [2.75, 3.05) is 39.5 Å². The van der Waals surface area contributed by atoms with Crippen LogP contribution in [-0.4, -0.2) is 50.1 Å². The zero-order valence-electron chi connectivity index (χ0n) is 14.6.